The molecule has 0 aromatic rings. The summed E-state index contributed by atoms with van der Waals surface area (Å²) in [6.45, 7) is 0.334. The number of amides is 4. The highest BCUT2D eigenvalue weighted by atomic mass is 16.3. The Kier molecular flexibility index (Phi) is 3.92. The Morgan fingerprint density at radius 2 is 1.87 bits per heavy atom. The second-order valence-electron chi connectivity index (χ2n) is 2.92. The van der Waals surface area contributed by atoms with Crippen LogP contribution in [0.4, 0.5) is 4.79 Å². The standard InChI is InChI=1S/C8H11N3O4/c12-3-1-2-9-4-5-6(13)10-8(15)11-7(5)14/h4-5,12H,1-3H2,(H2,10,11,13,14,15). The van der Waals surface area contributed by atoms with E-state index in [0.717, 1.165) is 0 Å². The topological polar surface area (TPSA) is 108 Å². The van der Waals surface area contributed by atoms with Gasteiger partial charge in [-0.3, -0.25) is 25.2 Å². The molecule has 0 aromatic carbocycles. The summed E-state index contributed by atoms with van der Waals surface area (Å²) < 4.78 is 0. The van der Waals surface area contributed by atoms with Crippen molar-refractivity contribution >= 4 is 24.1 Å². The number of aliphatic imine (C=N–C) groups is 1. The minimum Gasteiger partial charge on any atom is -0.396 e. The quantitative estimate of drug-likeness (QED) is 0.297. The first-order valence-electron chi connectivity index (χ1n) is 4.41. The normalized spacial score (nSPS) is 18.1. The third-order valence-electron chi connectivity index (χ3n) is 1.74. The smallest absolute Gasteiger partial charge is 0.328 e. The summed E-state index contributed by atoms with van der Waals surface area (Å²) in [7, 11) is 0. The van der Waals surface area contributed by atoms with Crippen LogP contribution < -0.4 is 10.6 Å². The number of urea groups is 1. The van der Waals surface area contributed by atoms with E-state index in [2.05, 4.69) is 4.99 Å². The SMILES string of the molecule is O=C1NC(=O)C(C=NCCCO)C(=O)N1. The lowest BCUT2D eigenvalue weighted by atomic mass is 10.1. The van der Waals surface area contributed by atoms with Crippen LogP contribution in [0.15, 0.2) is 4.99 Å². The molecule has 1 saturated heterocycles. The maximum absolute atomic E-state index is 11.1. The van der Waals surface area contributed by atoms with Crippen molar-refractivity contribution in [1.82, 2.24) is 10.6 Å². The van der Waals surface area contributed by atoms with Crippen molar-refractivity contribution in [3.63, 3.8) is 0 Å². The first-order chi connectivity index (χ1) is 7.15. The average molecular weight is 213 g/mol. The van der Waals surface area contributed by atoms with Crippen LogP contribution in [0, 0.1) is 5.92 Å². The van der Waals surface area contributed by atoms with Crippen molar-refractivity contribution in [1.29, 1.82) is 0 Å². The van der Waals surface area contributed by atoms with Gasteiger partial charge in [-0.15, -0.1) is 0 Å². The average Bonchev–Trinajstić information content (AvgIpc) is 2.15. The predicted octanol–water partition coefficient (Wildman–Crippen LogP) is -1.58. The van der Waals surface area contributed by atoms with Crippen molar-refractivity contribution in [2.75, 3.05) is 13.2 Å². The summed E-state index contributed by atoms with van der Waals surface area (Å²) in [6.07, 6.45) is 1.64. The van der Waals surface area contributed by atoms with Crippen molar-refractivity contribution in [2.24, 2.45) is 10.9 Å². The fourth-order valence-electron chi connectivity index (χ4n) is 1.01. The summed E-state index contributed by atoms with van der Waals surface area (Å²) in [5.41, 5.74) is 0. The Morgan fingerprint density at radius 1 is 1.27 bits per heavy atom. The van der Waals surface area contributed by atoms with Crippen LogP contribution in [0.3, 0.4) is 0 Å². The van der Waals surface area contributed by atoms with E-state index in [9.17, 15) is 14.4 Å². The van der Waals surface area contributed by atoms with Crippen LogP contribution in [0.2, 0.25) is 0 Å². The van der Waals surface area contributed by atoms with Gasteiger partial charge in [0.25, 0.3) is 0 Å². The zero-order valence-corrected chi connectivity index (χ0v) is 7.90. The molecule has 0 spiro atoms. The zero-order valence-electron chi connectivity index (χ0n) is 7.90. The van der Waals surface area contributed by atoms with Gasteiger partial charge in [0.05, 0.1) is 0 Å². The molecule has 0 aliphatic carbocycles. The van der Waals surface area contributed by atoms with E-state index in [4.69, 9.17) is 5.11 Å². The molecular formula is C8H11N3O4. The fourth-order valence-corrected chi connectivity index (χ4v) is 1.01. The Balaban J connectivity index is 2.53. The number of barbiturate groups is 1. The highest BCUT2D eigenvalue weighted by molar-refractivity contribution is 6.23. The van der Waals surface area contributed by atoms with E-state index in [-0.39, 0.29) is 6.61 Å². The van der Waals surface area contributed by atoms with Crippen LogP contribution in [-0.4, -0.2) is 42.3 Å². The number of aliphatic hydroxyl groups excluding tert-OH is 1. The number of rotatable bonds is 4. The van der Waals surface area contributed by atoms with Gasteiger partial charge in [-0.25, -0.2) is 4.79 Å². The number of nitrogens with one attached hydrogen (secondary N) is 2. The Hall–Kier alpha value is -1.76. The maximum Gasteiger partial charge on any atom is 0.328 e. The van der Waals surface area contributed by atoms with Gasteiger partial charge in [-0.2, -0.15) is 0 Å². The number of nitrogens with zero attached hydrogens (tertiary/aromatic N) is 1. The van der Waals surface area contributed by atoms with Gasteiger partial charge in [0, 0.05) is 19.4 Å². The molecule has 7 nitrogen and oxygen atoms in total. The van der Waals surface area contributed by atoms with Gasteiger partial charge in [0.15, 0.2) is 5.92 Å². The summed E-state index contributed by atoms with van der Waals surface area (Å²) in [5, 5.41) is 12.4. The monoisotopic (exact) mass is 213 g/mol. The summed E-state index contributed by atoms with van der Waals surface area (Å²) in [4.78, 5) is 36.7. The molecule has 0 atom stereocenters. The third-order valence-corrected chi connectivity index (χ3v) is 1.74. The molecule has 4 amide bonds. The van der Waals surface area contributed by atoms with Gasteiger partial charge in [0.2, 0.25) is 11.8 Å². The number of carbonyl (C=O) groups is 3. The Labute approximate surface area is 85.6 Å². The molecule has 82 valence electrons. The van der Waals surface area contributed by atoms with E-state index in [0.29, 0.717) is 13.0 Å². The van der Waals surface area contributed by atoms with Crippen LogP contribution in [0.5, 0.6) is 0 Å². The van der Waals surface area contributed by atoms with Crippen LogP contribution in [0.25, 0.3) is 0 Å². The molecule has 0 radical (unpaired) electrons. The van der Waals surface area contributed by atoms with Crippen molar-refractivity contribution < 1.29 is 19.5 Å². The van der Waals surface area contributed by atoms with Crippen LogP contribution >= 0.6 is 0 Å². The lowest BCUT2D eigenvalue weighted by Crippen LogP contribution is -2.56. The molecular weight excluding hydrogens is 202 g/mol. The lowest BCUT2D eigenvalue weighted by Gasteiger charge is -2.16. The van der Waals surface area contributed by atoms with Crippen molar-refractivity contribution in [3.05, 3.63) is 0 Å². The van der Waals surface area contributed by atoms with Crippen LogP contribution in [0.1, 0.15) is 6.42 Å². The van der Waals surface area contributed by atoms with Crippen LogP contribution in [-0.2, 0) is 9.59 Å². The van der Waals surface area contributed by atoms with E-state index < -0.39 is 23.8 Å². The summed E-state index contributed by atoms with van der Waals surface area (Å²) in [6, 6.07) is -0.815. The van der Waals surface area contributed by atoms with E-state index >= 15 is 0 Å². The molecule has 3 N–H and O–H groups in total. The molecule has 0 aromatic heterocycles. The molecule has 1 aliphatic rings. The molecule has 0 bridgehead atoms. The number of aliphatic hydroxyl groups is 1. The molecule has 7 heteroatoms. The van der Waals surface area contributed by atoms with E-state index in [1.54, 1.807) is 0 Å². The Bertz CT molecular complexity index is 293. The number of carbonyl (C=O) groups excluding carboxylic acids is 3. The highest BCUT2D eigenvalue weighted by Crippen LogP contribution is 1.98. The van der Waals surface area contributed by atoms with E-state index in [1.165, 1.54) is 6.21 Å². The summed E-state index contributed by atoms with van der Waals surface area (Å²) in [5.74, 6) is -2.44. The Morgan fingerprint density at radius 3 is 2.40 bits per heavy atom. The van der Waals surface area contributed by atoms with E-state index in [1.807, 2.05) is 10.6 Å². The van der Waals surface area contributed by atoms with Gasteiger partial charge < -0.3 is 5.11 Å². The number of hydrogen-bond donors (Lipinski definition) is 3. The third kappa shape index (κ3) is 3.13. The maximum atomic E-state index is 11.1. The predicted molar refractivity (Wildman–Crippen MR) is 50.2 cm³/mol. The largest absolute Gasteiger partial charge is 0.396 e. The summed E-state index contributed by atoms with van der Waals surface area (Å²) >= 11 is 0. The molecule has 0 saturated carbocycles. The van der Waals surface area contributed by atoms with Crippen molar-refractivity contribution in [3.8, 4) is 0 Å². The minimum absolute atomic E-state index is 0.00111. The first-order valence-corrected chi connectivity index (χ1v) is 4.41. The molecule has 15 heavy (non-hydrogen) atoms. The van der Waals surface area contributed by atoms with Crippen molar-refractivity contribution in [2.45, 2.75) is 6.42 Å². The minimum atomic E-state index is -1.07. The van der Waals surface area contributed by atoms with Gasteiger partial charge in [-0.05, 0) is 6.42 Å². The van der Waals surface area contributed by atoms with Gasteiger partial charge in [0.1, 0.15) is 0 Å². The molecule has 1 heterocycles. The van der Waals surface area contributed by atoms with Gasteiger partial charge >= 0.3 is 6.03 Å². The fraction of sp³-hybridized carbons (Fsp3) is 0.500. The lowest BCUT2D eigenvalue weighted by molar-refractivity contribution is -0.132. The molecule has 1 rings (SSSR count). The second-order valence-corrected chi connectivity index (χ2v) is 2.92. The molecule has 1 fully saturated rings. The highest BCUT2D eigenvalue weighted by Gasteiger charge is 2.32. The molecule has 1 aliphatic heterocycles. The molecule has 0 unspecified atom stereocenters. The first kappa shape index (κ1) is 11.3. The number of imide groups is 2. The number of hydrogen-bond acceptors (Lipinski definition) is 5. The van der Waals surface area contributed by atoms with Gasteiger partial charge in [-0.1, -0.05) is 0 Å². The second kappa shape index (κ2) is 5.20. The zero-order chi connectivity index (χ0) is 11.3.